The molecule has 1 atom stereocenters. The Morgan fingerprint density at radius 3 is 2.11 bits per heavy atom. The summed E-state index contributed by atoms with van der Waals surface area (Å²) in [6, 6.07) is 9.31. The topological polar surface area (TPSA) is 0 Å². The zero-order valence-electron chi connectivity index (χ0n) is 12.4. The van der Waals surface area contributed by atoms with E-state index < -0.39 is 0 Å². The summed E-state index contributed by atoms with van der Waals surface area (Å²) in [4.78, 5) is 0.554. The second-order valence-corrected chi connectivity index (χ2v) is 7.48. The molecule has 1 fully saturated rings. The fraction of sp³-hybridized carbons (Fsp3) is 0.667. The number of halogens is 1. The van der Waals surface area contributed by atoms with E-state index in [1.807, 2.05) is 0 Å². The minimum absolute atomic E-state index is 0.554. The summed E-state index contributed by atoms with van der Waals surface area (Å²) in [5.41, 5.74) is 2.94. The summed E-state index contributed by atoms with van der Waals surface area (Å²) in [6.07, 6.45) is 9.67. The van der Waals surface area contributed by atoms with Gasteiger partial charge in [-0.15, -0.1) is 0 Å². The number of benzene rings is 1. The Labute approximate surface area is 127 Å². The normalized spacial score (nSPS) is 19.4. The molecule has 0 radical (unpaired) electrons. The number of alkyl halides is 1. The molecule has 2 rings (SSSR count). The third-order valence-corrected chi connectivity index (χ3v) is 5.53. The Morgan fingerprint density at radius 2 is 1.58 bits per heavy atom. The van der Waals surface area contributed by atoms with Gasteiger partial charge >= 0.3 is 0 Å². The molecule has 0 aliphatic heterocycles. The summed E-state index contributed by atoms with van der Waals surface area (Å²) >= 11 is 3.96. The van der Waals surface area contributed by atoms with Crippen LogP contribution < -0.4 is 0 Å². The quantitative estimate of drug-likeness (QED) is 0.451. The molecule has 19 heavy (non-hydrogen) atoms. The van der Waals surface area contributed by atoms with Crippen molar-refractivity contribution in [1.82, 2.24) is 0 Å². The monoisotopic (exact) mass is 322 g/mol. The fourth-order valence-electron chi connectivity index (χ4n) is 3.18. The van der Waals surface area contributed by atoms with Crippen LogP contribution in [0.1, 0.15) is 68.3 Å². The van der Waals surface area contributed by atoms with E-state index in [4.69, 9.17) is 0 Å². The first-order valence-electron chi connectivity index (χ1n) is 7.89. The standard InChI is InChI=1S/C18H27Br/c1-14(2)13-15-9-11-17(12-10-15)18(19)16-7-5-3-4-6-8-16/h9-12,14,16,18H,3-8,13H2,1-2H3. The minimum Gasteiger partial charge on any atom is -0.0836 e. The zero-order chi connectivity index (χ0) is 13.7. The fourth-order valence-corrected chi connectivity index (χ4v) is 4.02. The second-order valence-electron chi connectivity index (χ2n) is 6.49. The van der Waals surface area contributed by atoms with Gasteiger partial charge in [0.1, 0.15) is 0 Å². The van der Waals surface area contributed by atoms with Crippen molar-refractivity contribution in [2.45, 2.75) is 63.6 Å². The Balaban J connectivity index is 1.99. The van der Waals surface area contributed by atoms with Crippen LogP contribution in [0.25, 0.3) is 0 Å². The third kappa shape index (κ3) is 4.63. The van der Waals surface area contributed by atoms with Crippen LogP contribution in [0.15, 0.2) is 24.3 Å². The molecule has 0 N–H and O–H groups in total. The molecular formula is C18H27Br. The Hall–Kier alpha value is -0.300. The van der Waals surface area contributed by atoms with Crippen LogP contribution in [0, 0.1) is 11.8 Å². The van der Waals surface area contributed by atoms with Crippen LogP contribution in [0.2, 0.25) is 0 Å². The van der Waals surface area contributed by atoms with Crippen molar-refractivity contribution in [3.05, 3.63) is 35.4 Å². The van der Waals surface area contributed by atoms with Crippen LogP contribution in [0.5, 0.6) is 0 Å². The van der Waals surface area contributed by atoms with E-state index in [1.54, 1.807) is 0 Å². The molecule has 1 saturated carbocycles. The molecule has 1 aromatic carbocycles. The maximum absolute atomic E-state index is 3.96. The van der Waals surface area contributed by atoms with Crippen LogP contribution in [0.3, 0.4) is 0 Å². The highest BCUT2D eigenvalue weighted by Crippen LogP contribution is 2.39. The second kappa shape index (κ2) is 7.47. The largest absolute Gasteiger partial charge is 0.0836 e. The highest BCUT2D eigenvalue weighted by molar-refractivity contribution is 9.09. The van der Waals surface area contributed by atoms with E-state index in [0.29, 0.717) is 4.83 Å². The van der Waals surface area contributed by atoms with E-state index in [2.05, 4.69) is 54.0 Å². The van der Waals surface area contributed by atoms with Gasteiger partial charge in [-0.2, -0.15) is 0 Å². The molecule has 0 spiro atoms. The molecule has 1 aliphatic rings. The van der Waals surface area contributed by atoms with Crippen molar-refractivity contribution in [3.63, 3.8) is 0 Å². The lowest BCUT2D eigenvalue weighted by Crippen LogP contribution is -2.07. The predicted octanol–water partition coefficient (Wildman–Crippen LogP) is 6.29. The summed E-state index contributed by atoms with van der Waals surface area (Å²) in [5.74, 6) is 1.57. The van der Waals surface area contributed by atoms with Gasteiger partial charge in [-0.1, -0.05) is 79.7 Å². The van der Waals surface area contributed by atoms with E-state index >= 15 is 0 Å². The summed E-state index contributed by atoms with van der Waals surface area (Å²) < 4.78 is 0. The summed E-state index contributed by atoms with van der Waals surface area (Å²) in [7, 11) is 0. The van der Waals surface area contributed by atoms with Crippen molar-refractivity contribution < 1.29 is 0 Å². The molecule has 1 aromatic rings. The lowest BCUT2D eigenvalue weighted by molar-refractivity contribution is 0.454. The molecule has 1 heteroatoms. The molecule has 0 saturated heterocycles. The van der Waals surface area contributed by atoms with Crippen LogP contribution in [-0.4, -0.2) is 0 Å². The van der Waals surface area contributed by atoms with Gasteiger partial charge in [0.25, 0.3) is 0 Å². The molecule has 0 amide bonds. The number of rotatable bonds is 4. The molecular weight excluding hydrogens is 296 g/mol. The van der Waals surface area contributed by atoms with Gasteiger partial charge in [-0.25, -0.2) is 0 Å². The van der Waals surface area contributed by atoms with Crippen LogP contribution >= 0.6 is 15.9 Å². The molecule has 0 aromatic heterocycles. The van der Waals surface area contributed by atoms with Crippen LogP contribution in [-0.2, 0) is 6.42 Å². The van der Waals surface area contributed by atoms with Gasteiger partial charge < -0.3 is 0 Å². The van der Waals surface area contributed by atoms with Gasteiger partial charge in [-0.05, 0) is 42.2 Å². The molecule has 0 bridgehead atoms. The molecule has 0 heterocycles. The van der Waals surface area contributed by atoms with Gasteiger partial charge in [0.15, 0.2) is 0 Å². The van der Waals surface area contributed by atoms with Crippen molar-refractivity contribution in [3.8, 4) is 0 Å². The number of hydrogen-bond acceptors (Lipinski definition) is 0. The molecule has 106 valence electrons. The van der Waals surface area contributed by atoms with E-state index in [-0.39, 0.29) is 0 Å². The first kappa shape index (κ1) is 15.1. The van der Waals surface area contributed by atoms with Crippen molar-refractivity contribution in [2.75, 3.05) is 0 Å². The maximum atomic E-state index is 3.96. The maximum Gasteiger partial charge on any atom is 0.0423 e. The number of hydrogen-bond donors (Lipinski definition) is 0. The van der Waals surface area contributed by atoms with E-state index in [0.717, 1.165) is 11.8 Å². The Morgan fingerprint density at radius 1 is 1.00 bits per heavy atom. The van der Waals surface area contributed by atoms with Gasteiger partial charge in [0.2, 0.25) is 0 Å². The average molecular weight is 323 g/mol. The summed E-state index contributed by atoms with van der Waals surface area (Å²) in [6.45, 7) is 4.57. The zero-order valence-corrected chi connectivity index (χ0v) is 14.0. The van der Waals surface area contributed by atoms with Gasteiger partial charge in [0.05, 0.1) is 0 Å². The van der Waals surface area contributed by atoms with E-state index in [9.17, 15) is 0 Å². The minimum atomic E-state index is 0.554. The van der Waals surface area contributed by atoms with Gasteiger partial charge in [-0.3, -0.25) is 0 Å². The Bertz CT molecular complexity index is 358. The van der Waals surface area contributed by atoms with Crippen LogP contribution in [0.4, 0.5) is 0 Å². The average Bonchev–Trinajstić information content (AvgIpc) is 2.67. The lowest BCUT2D eigenvalue weighted by atomic mass is 9.91. The van der Waals surface area contributed by atoms with Crippen molar-refractivity contribution in [1.29, 1.82) is 0 Å². The summed E-state index contributed by atoms with van der Waals surface area (Å²) in [5, 5.41) is 0. The molecule has 1 unspecified atom stereocenters. The van der Waals surface area contributed by atoms with Gasteiger partial charge in [0, 0.05) is 4.83 Å². The Kier molecular flexibility index (Phi) is 5.94. The highest BCUT2D eigenvalue weighted by atomic mass is 79.9. The third-order valence-electron chi connectivity index (χ3n) is 4.26. The highest BCUT2D eigenvalue weighted by Gasteiger charge is 2.21. The smallest absolute Gasteiger partial charge is 0.0423 e. The van der Waals surface area contributed by atoms with Crippen molar-refractivity contribution in [2.24, 2.45) is 11.8 Å². The molecule has 0 nitrogen and oxygen atoms in total. The predicted molar refractivity (Wildman–Crippen MR) is 87.8 cm³/mol. The van der Waals surface area contributed by atoms with Crippen molar-refractivity contribution >= 4 is 15.9 Å². The lowest BCUT2D eigenvalue weighted by Gasteiger charge is -2.21. The van der Waals surface area contributed by atoms with E-state index in [1.165, 1.54) is 56.1 Å². The molecule has 1 aliphatic carbocycles. The first-order chi connectivity index (χ1) is 9.16. The SMILES string of the molecule is CC(C)Cc1ccc(C(Br)C2CCCCCC2)cc1. The first-order valence-corrected chi connectivity index (χ1v) is 8.81.